The third-order valence-corrected chi connectivity index (χ3v) is 4.81. The Morgan fingerprint density at radius 3 is 2.48 bits per heavy atom. The molecule has 0 saturated heterocycles. The van der Waals surface area contributed by atoms with Gasteiger partial charge in [0.25, 0.3) is 0 Å². The molecule has 170 valence electrons. The van der Waals surface area contributed by atoms with Crippen LogP contribution in [-0.4, -0.2) is 38.4 Å². The molecule has 33 heavy (non-hydrogen) atoms. The van der Waals surface area contributed by atoms with E-state index >= 15 is 0 Å². The third kappa shape index (κ3) is 4.49. The Labute approximate surface area is 190 Å². The lowest BCUT2D eigenvalue weighted by Crippen LogP contribution is -2.27. The number of nitrogen functional groups attached to an aromatic ring is 2. The van der Waals surface area contributed by atoms with Crippen LogP contribution in [-0.2, 0) is 4.74 Å². The van der Waals surface area contributed by atoms with E-state index in [0.717, 1.165) is 22.4 Å². The summed E-state index contributed by atoms with van der Waals surface area (Å²) < 4.78 is 12.6. The van der Waals surface area contributed by atoms with Gasteiger partial charge in [-0.05, 0) is 56.7 Å². The number of carbonyl (C=O) groups excluding carboxylic acids is 1. The van der Waals surface area contributed by atoms with Crippen molar-refractivity contribution in [2.45, 2.75) is 26.4 Å². The van der Waals surface area contributed by atoms with Crippen molar-refractivity contribution in [3.63, 3.8) is 0 Å². The molecule has 1 amide bonds. The van der Waals surface area contributed by atoms with Crippen LogP contribution in [0.5, 0.6) is 5.75 Å². The number of aromatic nitrogens is 4. The van der Waals surface area contributed by atoms with Gasteiger partial charge in [-0.15, -0.1) is 0 Å². The molecule has 0 unspecified atom stereocenters. The number of hydrogen-bond acceptors (Lipinski definition) is 8. The predicted molar refractivity (Wildman–Crippen MR) is 127 cm³/mol. The number of nitrogens with zero attached hydrogens (tertiary/aromatic N) is 4. The predicted octanol–water partition coefficient (Wildman–Crippen LogP) is 3.98. The molecule has 3 aromatic heterocycles. The second-order valence-electron chi connectivity index (χ2n) is 8.36. The Balaban J connectivity index is 1.79. The molecule has 0 atom stereocenters. The summed E-state index contributed by atoms with van der Waals surface area (Å²) in [4.78, 5) is 20.5. The van der Waals surface area contributed by atoms with E-state index in [0.29, 0.717) is 28.6 Å². The molecule has 10 nitrogen and oxygen atoms in total. The molecular formula is C23H25N7O3. The largest absolute Gasteiger partial charge is 0.495 e. The first kappa shape index (κ1) is 21.9. The van der Waals surface area contributed by atoms with Crippen LogP contribution >= 0.6 is 0 Å². The summed E-state index contributed by atoms with van der Waals surface area (Å²) >= 11 is 0. The van der Waals surface area contributed by atoms with Gasteiger partial charge in [-0.3, -0.25) is 5.32 Å². The number of carbonyl (C=O) groups is 1. The van der Waals surface area contributed by atoms with Crippen LogP contribution in [0, 0.1) is 0 Å². The highest BCUT2D eigenvalue weighted by molar-refractivity contribution is 5.94. The van der Waals surface area contributed by atoms with Crippen molar-refractivity contribution in [3.8, 4) is 28.1 Å². The van der Waals surface area contributed by atoms with Crippen LogP contribution in [0.4, 0.5) is 22.1 Å². The maximum atomic E-state index is 12.2. The summed E-state index contributed by atoms with van der Waals surface area (Å²) in [5, 5.41) is 7.10. The Morgan fingerprint density at radius 1 is 1.06 bits per heavy atom. The molecule has 0 aliphatic carbocycles. The fourth-order valence-electron chi connectivity index (χ4n) is 3.43. The monoisotopic (exact) mass is 447 g/mol. The van der Waals surface area contributed by atoms with Gasteiger partial charge in [-0.2, -0.15) is 5.10 Å². The van der Waals surface area contributed by atoms with Gasteiger partial charge in [0.15, 0.2) is 5.82 Å². The smallest absolute Gasteiger partial charge is 0.412 e. The summed E-state index contributed by atoms with van der Waals surface area (Å²) in [6.45, 7) is 5.39. The van der Waals surface area contributed by atoms with Gasteiger partial charge in [-0.1, -0.05) is 6.07 Å². The molecule has 0 fully saturated rings. The lowest BCUT2D eigenvalue weighted by atomic mass is 10.0. The van der Waals surface area contributed by atoms with E-state index in [2.05, 4.69) is 20.4 Å². The first-order valence-electron chi connectivity index (χ1n) is 10.2. The Kier molecular flexibility index (Phi) is 5.50. The van der Waals surface area contributed by atoms with Gasteiger partial charge >= 0.3 is 6.09 Å². The SMILES string of the molecule is COc1cc(-c2cc(-c3ccc(N)nc3)n3ncnc(N)c23)ccc1NC(=O)OC(C)(C)C. The first-order chi connectivity index (χ1) is 15.7. The van der Waals surface area contributed by atoms with Gasteiger partial charge < -0.3 is 20.9 Å². The van der Waals surface area contributed by atoms with Crippen LogP contribution in [0.15, 0.2) is 48.9 Å². The van der Waals surface area contributed by atoms with Crippen LogP contribution in [0.3, 0.4) is 0 Å². The second-order valence-corrected chi connectivity index (χ2v) is 8.36. The Bertz CT molecular complexity index is 1320. The second kappa shape index (κ2) is 8.30. The van der Waals surface area contributed by atoms with Crippen molar-refractivity contribution in [1.82, 2.24) is 19.6 Å². The van der Waals surface area contributed by atoms with Gasteiger partial charge in [-0.25, -0.2) is 19.3 Å². The van der Waals surface area contributed by atoms with Crippen LogP contribution in [0.25, 0.3) is 27.9 Å². The molecule has 0 aliphatic rings. The fraction of sp³-hybridized carbons (Fsp3) is 0.217. The van der Waals surface area contributed by atoms with Crippen molar-refractivity contribution >= 4 is 28.9 Å². The molecule has 4 aromatic rings. The summed E-state index contributed by atoms with van der Waals surface area (Å²) in [6, 6.07) is 10.9. The summed E-state index contributed by atoms with van der Waals surface area (Å²) in [5.74, 6) is 1.21. The summed E-state index contributed by atoms with van der Waals surface area (Å²) in [7, 11) is 1.53. The topological polar surface area (TPSA) is 143 Å². The van der Waals surface area contributed by atoms with Crippen molar-refractivity contribution < 1.29 is 14.3 Å². The zero-order chi connectivity index (χ0) is 23.8. The van der Waals surface area contributed by atoms with E-state index in [1.165, 1.54) is 13.4 Å². The summed E-state index contributed by atoms with van der Waals surface area (Å²) in [6.07, 6.45) is 2.50. The number of fused-ring (bicyclic) bond motifs is 1. The maximum absolute atomic E-state index is 12.2. The number of nitrogens with one attached hydrogen (secondary N) is 1. The molecule has 3 heterocycles. The van der Waals surface area contributed by atoms with E-state index in [4.69, 9.17) is 20.9 Å². The molecule has 1 aromatic carbocycles. The number of benzene rings is 1. The van der Waals surface area contributed by atoms with Crippen molar-refractivity contribution in [1.29, 1.82) is 0 Å². The Morgan fingerprint density at radius 2 is 1.82 bits per heavy atom. The van der Waals surface area contributed by atoms with Crippen LogP contribution < -0.4 is 21.5 Å². The Hall–Kier alpha value is -4.34. The highest BCUT2D eigenvalue weighted by atomic mass is 16.6. The zero-order valence-electron chi connectivity index (χ0n) is 18.8. The lowest BCUT2D eigenvalue weighted by Gasteiger charge is -2.20. The van der Waals surface area contributed by atoms with E-state index < -0.39 is 11.7 Å². The average molecular weight is 447 g/mol. The first-order valence-corrected chi connectivity index (χ1v) is 10.2. The van der Waals surface area contributed by atoms with Gasteiger partial charge in [0, 0.05) is 17.3 Å². The fourth-order valence-corrected chi connectivity index (χ4v) is 3.43. The zero-order valence-corrected chi connectivity index (χ0v) is 18.8. The van der Waals surface area contributed by atoms with Crippen molar-refractivity contribution in [2.75, 3.05) is 23.9 Å². The minimum Gasteiger partial charge on any atom is -0.495 e. The normalized spacial score (nSPS) is 11.4. The van der Waals surface area contributed by atoms with Gasteiger partial charge in [0.2, 0.25) is 0 Å². The molecule has 4 rings (SSSR count). The van der Waals surface area contributed by atoms with Gasteiger partial charge in [0.1, 0.15) is 29.0 Å². The van der Waals surface area contributed by atoms with E-state index in [1.807, 2.05) is 18.2 Å². The van der Waals surface area contributed by atoms with Gasteiger partial charge in [0.05, 0.1) is 18.5 Å². The maximum Gasteiger partial charge on any atom is 0.412 e. The molecule has 10 heteroatoms. The third-order valence-electron chi connectivity index (χ3n) is 4.81. The molecule has 0 radical (unpaired) electrons. The lowest BCUT2D eigenvalue weighted by molar-refractivity contribution is 0.0635. The number of rotatable bonds is 4. The molecule has 0 saturated carbocycles. The number of pyridine rings is 1. The number of hydrogen-bond donors (Lipinski definition) is 3. The quantitative estimate of drug-likeness (QED) is 0.426. The molecule has 0 aliphatic heterocycles. The number of amides is 1. The number of ether oxygens (including phenoxy) is 2. The number of methoxy groups -OCH3 is 1. The molecular weight excluding hydrogens is 422 g/mol. The minimum atomic E-state index is -0.617. The highest BCUT2D eigenvalue weighted by Gasteiger charge is 2.20. The van der Waals surface area contributed by atoms with E-state index in [-0.39, 0.29) is 0 Å². The minimum absolute atomic E-state index is 0.324. The molecule has 5 N–H and O–H groups in total. The van der Waals surface area contributed by atoms with E-state index in [1.54, 1.807) is 49.7 Å². The van der Waals surface area contributed by atoms with Crippen LogP contribution in [0.1, 0.15) is 20.8 Å². The molecule has 0 spiro atoms. The highest BCUT2D eigenvalue weighted by Crippen LogP contribution is 2.38. The number of anilines is 3. The van der Waals surface area contributed by atoms with Crippen molar-refractivity contribution in [2.24, 2.45) is 0 Å². The standard InChI is InChI=1S/C23H25N7O3/c1-23(2,3)33-22(31)29-16-7-5-13(9-18(16)32-4)15-10-17(14-6-8-19(24)26-11-14)30-20(15)21(25)27-12-28-30/h5-12H,1-4H3,(H2,24,26)(H,29,31)(H2,25,27,28). The van der Waals surface area contributed by atoms with Crippen molar-refractivity contribution in [3.05, 3.63) is 48.9 Å². The summed E-state index contributed by atoms with van der Waals surface area (Å²) in [5.41, 5.74) is 15.6. The van der Waals surface area contributed by atoms with E-state index in [9.17, 15) is 4.79 Å². The molecule has 0 bridgehead atoms. The number of nitrogens with two attached hydrogens (primary N) is 2. The average Bonchev–Trinajstić information content (AvgIpc) is 3.14. The van der Waals surface area contributed by atoms with Crippen LogP contribution in [0.2, 0.25) is 0 Å².